The van der Waals surface area contributed by atoms with Crippen LogP contribution in [0.2, 0.25) is 0 Å². The molecule has 0 spiro atoms. The van der Waals surface area contributed by atoms with Gasteiger partial charge >= 0.3 is 0 Å². The lowest BCUT2D eigenvalue weighted by Crippen LogP contribution is -2.14. The first-order valence-electron chi connectivity index (χ1n) is 7.71. The smallest absolute Gasteiger partial charge is 0.0196 e. The number of allylic oxidation sites excluding steroid dienone is 4. The lowest BCUT2D eigenvalue weighted by molar-refractivity contribution is 0.362. The molecule has 0 nitrogen and oxygen atoms in total. The number of thioether (sulfide) groups is 2. The van der Waals surface area contributed by atoms with Crippen molar-refractivity contribution in [2.45, 2.75) is 59.6 Å². The molecule has 5 unspecified atom stereocenters. The van der Waals surface area contributed by atoms with E-state index in [1.165, 1.54) is 17.7 Å². The van der Waals surface area contributed by atoms with E-state index in [-0.39, 0.29) is 0 Å². The maximum absolute atomic E-state index is 2.48. The molecule has 0 aromatic heterocycles. The molecule has 1 heterocycles. The Morgan fingerprint density at radius 1 is 1.21 bits per heavy atom. The zero-order valence-electron chi connectivity index (χ0n) is 13.2. The summed E-state index contributed by atoms with van der Waals surface area (Å²) < 4.78 is 0. The quantitative estimate of drug-likeness (QED) is 0.596. The van der Waals surface area contributed by atoms with Gasteiger partial charge in [-0.05, 0) is 47.8 Å². The van der Waals surface area contributed by atoms with Gasteiger partial charge in [0.05, 0.1) is 0 Å². The minimum absolute atomic E-state index is 0.816. The van der Waals surface area contributed by atoms with Gasteiger partial charge in [-0.25, -0.2) is 0 Å². The topological polar surface area (TPSA) is 0 Å². The Labute approximate surface area is 127 Å². The zero-order valence-corrected chi connectivity index (χ0v) is 14.8. The maximum atomic E-state index is 2.48. The third kappa shape index (κ3) is 2.81. The second-order valence-corrected chi connectivity index (χ2v) is 8.79. The van der Waals surface area contributed by atoms with Gasteiger partial charge in [0.15, 0.2) is 0 Å². The monoisotopic (exact) mass is 296 g/mol. The maximum Gasteiger partial charge on any atom is 0.0196 e. The van der Waals surface area contributed by atoms with E-state index in [2.05, 4.69) is 71.1 Å². The van der Waals surface area contributed by atoms with Crippen molar-refractivity contribution in [1.82, 2.24) is 0 Å². The molecular weight excluding hydrogens is 268 g/mol. The van der Waals surface area contributed by atoms with Crippen molar-refractivity contribution in [2.75, 3.05) is 0 Å². The molecule has 1 fully saturated rings. The molecule has 2 heteroatoms. The number of hydrogen-bond acceptors (Lipinski definition) is 2. The number of hydrogen-bond donors (Lipinski definition) is 0. The predicted octanol–water partition coefficient (Wildman–Crippen LogP) is 6.31. The van der Waals surface area contributed by atoms with Gasteiger partial charge in [-0.2, -0.15) is 0 Å². The summed E-state index contributed by atoms with van der Waals surface area (Å²) in [7, 11) is 0. The van der Waals surface area contributed by atoms with E-state index < -0.39 is 0 Å². The fraction of sp³-hybridized carbons (Fsp3) is 0.765. The third-order valence-electron chi connectivity index (χ3n) is 5.11. The third-order valence-corrected chi connectivity index (χ3v) is 8.24. The second-order valence-electron chi connectivity index (χ2n) is 6.22. The molecule has 1 aliphatic carbocycles. The highest BCUT2D eigenvalue weighted by atomic mass is 32.2. The molecule has 108 valence electrons. The van der Waals surface area contributed by atoms with E-state index in [1.54, 1.807) is 9.81 Å². The summed E-state index contributed by atoms with van der Waals surface area (Å²) in [4.78, 5) is 4.88. The van der Waals surface area contributed by atoms with Gasteiger partial charge < -0.3 is 0 Å². The van der Waals surface area contributed by atoms with Crippen LogP contribution in [0.4, 0.5) is 0 Å². The Morgan fingerprint density at radius 3 is 2.47 bits per heavy atom. The Morgan fingerprint density at radius 2 is 1.89 bits per heavy atom. The first kappa shape index (κ1) is 15.6. The molecule has 1 saturated carbocycles. The minimum atomic E-state index is 0.816. The van der Waals surface area contributed by atoms with Gasteiger partial charge in [-0.15, -0.1) is 11.8 Å². The van der Waals surface area contributed by atoms with Crippen LogP contribution in [0.15, 0.2) is 20.8 Å². The van der Waals surface area contributed by atoms with E-state index in [4.69, 9.17) is 0 Å². The van der Waals surface area contributed by atoms with Gasteiger partial charge in [0, 0.05) is 16.1 Å². The minimum Gasteiger partial charge on any atom is -0.125 e. The van der Waals surface area contributed by atoms with Crippen molar-refractivity contribution in [1.29, 1.82) is 0 Å². The number of fused-ring (bicyclic) bond motifs is 1. The molecule has 0 bridgehead atoms. The SMILES string of the molecule is C/C=C(\C)SC1=C(CCC)SC2C(C)C(C)C(C)C12. The Kier molecular flexibility index (Phi) is 5.16. The molecular formula is C17H28S2. The second kappa shape index (κ2) is 6.30. The summed E-state index contributed by atoms with van der Waals surface area (Å²) in [6.45, 7) is 14.1. The Balaban J connectivity index is 2.29. The van der Waals surface area contributed by atoms with Crippen molar-refractivity contribution in [3.63, 3.8) is 0 Å². The summed E-state index contributed by atoms with van der Waals surface area (Å²) in [5, 5.41) is 0.846. The fourth-order valence-corrected chi connectivity index (χ4v) is 6.90. The zero-order chi connectivity index (χ0) is 14.2. The average molecular weight is 297 g/mol. The van der Waals surface area contributed by atoms with Crippen molar-refractivity contribution >= 4 is 23.5 Å². The van der Waals surface area contributed by atoms with Crippen LogP contribution in [0.25, 0.3) is 0 Å². The normalized spacial score (nSPS) is 39.1. The first-order chi connectivity index (χ1) is 9.01. The largest absolute Gasteiger partial charge is 0.125 e. The highest BCUT2D eigenvalue weighted by Crippen LogP contribution is 2.61. The van der Waals surface area contributed by atoms with Crippen molar-refractivity contribution < 1.29 is 0 Å². The highest BCUT2D eigenvalue weighted by Gasteiger charge is 2.50. The molecule has 2 rings (SSSR count). The highest BCUT2D eigenvalue weighted by molar-refractivity contribution is 8.09. The van der Waals surface area contributed by atoms with Crippen LogP contribution >= 0.6 is 23.5 Å². The van der Waals surface area contributed by atoms with Crippen LogP contribution in [-0.2, 0) is 0 Å². The summed E-state index contributed by atoms with van der Waals surface area (Å²) in [6, 6.07) is 0. The molecule has 1 aliphatic heterocycles. The lowest BCUT2D eigenvalue weighted by Gasteiger charge is -2.20. The molecule has 5 atom stereocenters. The van der Waals surface area contributed by atoms with Crippen molar-refractivity contribution in [3.8, 4) is 0 Å². The van der Waals surface area contributed by atoms with E-state index in [0.29, 0.717) is 0 Å². The summed E-state index contributed by atoms with van der Waals surface area (Å²) in [5.41, 5.74) is 0. The molecule has 0 aromatic carbocycles. The van der Waals surface area contributed by atoms with E-state index in [0.717, 1.165) is 28.9 Å². The van der Waals surface area contributed by atoms with Crippen LogP contribution in [0.3, 0.4) is 0 Å². The van der Waals surface area contributed by atoms with E-state index >= 15 is 0 Å². The van der Waals surface area contributed by atoms with Gasteiger partial charge in [0.2, 0.25) is 0 Å². The van der Waals surface area contributed by atoms with E-state index in [1.807, 2.05) is 0 Å². The Hall–Kier alpha value is 0.180. The van der Waals surface area contributed by atoms with Crippen LogP contribution in [0.1, 0.15) is 54.4 Å². The molecule has 0 amide bonds. The van der Waals surface area contributed by atoms with Gasteiger partial charge in [0.1, 0.15) is 0 Å². The van der Waals surface area contributed by atoms with Crippen LogP contribution in [0.5, 0.6) is 0 Å². The Bertz CT molecular complexity index is 394. The van der Waals surface area contributed by atoms with Crippen molar-refractivity contribution in [3.05, 3.63) is 20.8 Å². The fourth-order valence-electron chi connectivity index (χ4n) is 3.47. The van der Waals surface area contributed by atoms with Gasteiger partial charge in [-0.1, -0.05) is 52.0 Å². The molecule has 2 aliphatic rings. The molecule has 0 aromatic rings. The standard InChI is InChI=1S/C17H28S2/c1-7-9-14-17(18-10(3)8-2)15-12(5)11(4)13(6)16(15)19-14/h8,11-13,15-16H,7,9H2,1-6H3/b10-8+. The molecule has 0 radical (unpaired) electrons. The first-order valence-corrected chi connectivity index (χ1v) is 9.41. The van der Waals surface area contributed by atoms with Crippen molar-refractivity contribution in [2.24, 2.45) is 23.7 Å². The molecule has 19 heavy (non-hydrogen) atoms. The summed E-state index contributed by atoms with van der Waals surface area (Å²) in [5.74, 6) is 3.39. The molecule has 0 saturated heterocycles. The lowest BCUT2D eigenvalue weighted by atomic mass is 9.90. The average Bonchev–Trinajstić information content (AvgIpc) is 2.83. The van der Waals surface area contributed by atoms with Gasteiger partial charge in [0.25, 0.3) is 0 Å². The molecule has 0 N–H and O–H groups in total. The van der Waals surface area contributed by atoms with Crippen LogP contribution in [-0.4, -0.2) is 5.25 Å². The van der Waals surface area contributed by atoms with Crippen LogP contribution < -0.4 is 0 Å². The summed E-state index contributed by atoms with van der Waals surface area (Å²) in [6.07, 6.45) is 4.82. The van der Waals surface area contributed by atoms with Gasteiger partial charge in [-0.3, -0.25) is 0 Å². The summed E-state index contributed by atoms with van der Waals surface area (Å²) >= 11 is 4.27. The predicted molar refractivity (Wildman–Crippen MR) is 91.3 cm³/mol. The number of rotatable bonds is 4. The van der Waals surface area contributed by atoms with Crippen LogP contribution in [0, 0.1) is 23.7 Å². The van der Waals surface area contributed by atoms with E-state index in [9.17, 15) is 0 Å².